The van der Waals surface area contributed by atoms with Crippen LogP contribution in [0.15, 0.2) is 0 Å². The number of rotatable bonds is 3. The van der Waals surface area contributed by atoms with Gasteiger partial charge in [-0.25, -0.2) is 0 Å². The molecular formula is C8H19NOSi. The average molecular weight is 173 g/mol. The lowest BCUT2D eigenvalue weighted by Gasteiger charge is -2.30. The first-order chi connectivity index (χ1) is 4.72. The highest BCUT2D eigenvalue weighted by Crippen LogP contribution is 2.17. The Morgan fingerprint density at radius 1 is 1.45 bits per heavy atom. The molecule has 0 bridgehead atoms. The first kappa shape index (κ1) is 10.8. The maximum Gasteiger partial charge on any atom is 0.0988 e. The van der Waals surface area contributed by atoms with Gasteiger partial charge in [0.25, 0.3) is 0 Å². The summed E-state index contributed by atoms with van der Waals surface area (Å²) in [6.07, 6.45) is 0.635. The van der Waals surface area contributed by atoms with Crippen molar-refractivity contribution in [3.8, 4) is 0 Å². The zero-order valence-corrected chi connectivity index (χ0v) is 9.15. The van der Waals surface area contributed by atoms with Crippen LogP contribution in [-0.4, -0.2) is 24.1 Å². The molecule has 66 valence electrons. The minimum atomic E-state index is -1.58. The van der Waals surface area contributed by atoms with Crippen LogP contribution in [0.1, 0.15) is 20.3 Å². The van der Waals surface area contributed by atoms with Crippen LogP contribution in [0.25, 0.3) is 0 Å². The summed E-state index contributed by atoms with van der Waals surface area (Å²) in [5, 5.41) is 18.0. The van der Waals surface area contributed by atoms with Crippen molar-refractivity contribution in [3.63, 3.8) is 0 Å². The van der Waals surface area contributed by atoms with Crippen molar-refractivity contribution < 1.29 is 5.11 Å². The Kier molecular flexibility index (Phi) is 3.03. The fourth-order valence-corrected chi connectivity index (χ4v) is 2.78. The second-order valence-corrected chi connectivity index (χ2v) is 9.25. The summed E-state index contributed by atoms with van der Waals surface area (Å²) >= 11 is 0. The van der Waals surface area contributed by atoms with Gasteiger partial charge in [0.2, 0.25) is 0 Å². The number of hydrogen-bond acceptors (Lipinski definition) is 2. The number of nitrogens with one attached hydrogen (secondary N) is 1. The highest BCUT2D eigenvalue weighted by molar-refractivity contribution is 7.04. The quantitative estimate of drug-likeness (QED) is 0.498. The van der Waals surface area contributed by atoms with Crippen LogP contribution in [0, 0.1) is 5.41 Å². The molecule has 0 aliphatic heterocycles. The molecule has 0 heterocycles. The minimum Gasteiger partial charge on any atom is -0.385 e. The molecule has 1 unspecified atom stereocenters. The summed E-state index contributed by atoms with van der Waals surface area (Å²) in [5.41, 5.74) is -0.871. The van der Waals surface area contributed by atoms with Crippen molar-refractivity contribution in [2.75, 3.05) is 0 Å². The van der Waals surface area contributed by atoms with Gasteiger partial charge in [-0.05, 0) is 13.3 Å². The first-order valence-corrected chi connectivity index (χ1v) is 7.53. The molecular weight excluding hydrogens is 154 g/mol. The molecule has 2 N–H and O–H groups in total. The fraction of sp³-hybridized carbons (Fsp3) is 0.875. The largest absolute Gasteiger partial charge is 0.385 e. The second-order valence-electron chi connectivity index (χ2n) is 4.25. The van der Waals surface area contributed by atoms with Gasteiger partial charge in [-0.3, -0.25) is 0 Å². The molecule has 0 aliphatic rings. The Bertz CT molecular complexity index is 158. The lowest BCUT2D eigenvalue weighted by Crippen LogP contribution is -2.48. The highest BCUT2D eigenvalue weighted by Gasteiger charge is 2.33. The topological polar surface area (TPSA) is 44.1 Å². The zero-order chi connectivity index (χ0) is 9.28. The normalized spacial score (nSPS) is 17.6. The van der Waals surface area contributed by atoms with E-state index < -0.39 is 13.7 Å². The molecule has 0 saturated heterocycles. The highest BCUT2D eigenvalue weighted by atomic mass is 28.3. The fourth-order valence-electron chi connectivity index (χ4n) is 0.985. The van der Waals surface area contributed by atoms with E-state index in [0.717, 1.165) is 0 Å². The lowest BCUT2D eigenvalue weighted by molar-refractivity contribution is 0.130. The van der Waals surface area contributed by atoms with Gasteiger partial charge in [0.05, 0.1) is 13.7 Å². The van der Waals surface area contributed by atoms with Crippen LogP contribution >= 0.6 is 0 Å². The van der Waals surface area contributed by atoms with Crippen molar-refractivity contribution >= 4 is 13.4 Å². The van der Waals surface area contributed by atoms with Crippen LogP contribution in [0.5, 0.6) is 0 Å². The zero-order valence-electron chi connectivity index (χ0n) is 8.15. The molecule has 0 aromatic rings. The number of hydrogen-bond donors (Lipinski definition) is 2. The summed E-state index contributed by atoms with van der Waals surface area (Å²) in [7, 11) is -1.58. The molecule has 0 amide bonds. The SMILES string of the molecule is CCC(C)(O)C(=N)[Si](C)(C)C. The van der Waals surface area contributed by atoms with E-state index in [0.29, 0.717) is 11.8 Å². The van der Waals surface area contributed by atoms with Crippen LogP contribution in [-0.2, 0) is 0 Å². The Morgan fingerprint density at radius 3 is 1.91 bits per heavy atom. The molecule has 0 rings (SSSR count). The Labute approximate surface area is 70.2 Å². The summed E-state index contributed by atoms with van der Waals surface area (Å²) in [4.78, 5) is 0. The van der Waals surface area contributed by atoms with Crippen LogP contribution in [0.2, 0.25) is 19.6 Å². The minimum absolute atomic E-state index is 0.549. The van der Waals surface area contributed by atoms with E-state index >= 15 is 0 Å². The smallest absolute Gasteiger partial charge is 0.0988 e. The van der Waals surface area contributed by atoms with Gasteiger partial charge < -0.3 is 10.5 Å². The van der Waals surface area contributed by atoms with Crippen LogP contribution in [0.4, 0.5) is 0 Å². The summed E-state index contributed by atoms with van der Waals surface area (Å²) in [6.45, 7) is 9.89. The second kappa shape index (κ2) is 3.07. The van der Waals surface area contributed by atoms with E-state index in [1.165, 1.54) is 0 Å². The molecule has 0 aromatic carbocycles. The van der Waals surface area contributed by atoms with E-state index in [4.69, 9.17) is 5.41 Å². The van der Waals surface area contributed by atoms with Gasteiger partial charge in [0.1, 0.15) is 0 Å². The molecule has 0 fully saturated rings. The standard InChI is InChI=1S/C8H19NOSi/c1-6-8(2,10)7(9)11(3,4)5/h9-10H,6H2,1-5H3. The van der Waals surface area contributed by atoms with Crippen LogP contribution in [0.3, 0.4) is 0 Å². The third-order valence-electron chi connectivity index (χ3n) is 1.98. The molecule has 11 heavy (non-hydrogen) atoms. The monoisotopic (exact) mass is 173 g/mol. The van der Waals surface area contributed by atoms with Gasteiger partial charge in [0, 0.05) is 5.33 Å². The van der Waals surface area contributed by atoms with Crippen LogP contribution < -0.4 is 0 Å². The van der Waals surface area contributed by atoms with Crippen molar-refractivity contribution in [2.45, 2.75) is 45.5 Å². The predicted molar refractivity (Wildman–Crippen MR) is 52.0 cm³/mol. The van der Waals surface area contributed by atoms with Crippen molar-refractivity contribution in [1.82, 2.24) is 0 Å². The molecule has 1 atom stereocenters. The summed E-state index contributed by atoms with van der Waals surface area (Å²) in [6, 6.07) is 0. The first-order valence-electron chi connectivity index (χ1n) is 4.03. The molecule has 0 radical (unpaired) electrons. The van der Waals surface area contributed by atoms with Gasteiger partial charge in [-0.2, -0.15) is 0 Å². The Balaban J connectivity index is 4.50. The van der Waals surface area contributed by atoms with E-state index in [1.54, 1.807) is 6.92 Å². The third-order valence-corrected chi connectivity index (χ3v) is 4.02. The maximum atomic E-state index is 9.74. The summed E-state index contributed by atoms with van der Waals surface area (Å²) < 4.78 is 0. The van der Waals surface area contributed by atoms with E-state index in [1.807, 2.05) is 6.92 Å². The van der Waals surface area contributed by atoms with Crippen molar-refractivity contribution in [2.24, 2.45) is 0 Å². The van der Waals surface area contributed by atoms with E-state index in [9.17, 15) is 5.11 Å². The van der Waals surface area contributed by atoms with E-state index in [2.05, 4.69) is 19.6 Å². The molecule has 0 spiro atoms. The predicted octanol–water partition coefficient (Wildman–Crippen LogP) is 2.04. The Hall–Kier alpha value is -0.153. The van der Waals surface area contributed by atoms with Gasteiger partial charge in [-0.15, -0.1) is 0 Å². The van der Waals surface area contributed by atoms with Gasteiger partial charge in [-0.1, -0.05) is 26.6 Å². The molecule has 2 nitrogen and oxygen atoms in total. The average Bonchev–Trinajstić information content (AvgIpc) is 1.84. The molecule has 0 saturated carbocycles. The van der Waals surface area contributed by atoms with Gasteiger partial charge in [0.15, 0.2) is 0 Å². The third kappa shape index (κ3) is 2.75. The van der Waals surface area contributed by atoms with E-state index in [-0.39, 0.29) is 0 Å². The number of aliphatic hydroxyl groups is 1. The molecule has 3 heteroatoms. The molecule has 0 aliphatic carbocycles. The summed E-state index contributed by atoms with van der Waals surface area (Å²) in [5.74, 6) is 0. The lowest BCUT2D eigenvalue weighted by atomic mass is 10.1. The molecule has 0 aromatic heterocycles. The Morgan fingerprint density at radius 2 is 1.82 bits per heavy atom. The van der Waals surface area contributed by atoms with Gasteiger partial charge >= 0.3 is 0 Å². The van der Waals surface area contributed by atoms with Crippen molar-refractivity contribution in [1.29, 1.82) is 5.41 Å². The van der Waals surface area contributed by atoms with Crippen molar-refractivity contribution in [3.05, 3.63) is 0 Å². The maximum absolute atomic E-state index is 9.74.